The molecule has 1 fully saturated rings. The van der Waals surface area contributed by atoms with Crippen molar-refractivity contribution < 1.29 is 14.9 Å². The summed E-state index contributed by atoms with van der Waals surface area (Å²) in [7, 11) is 0. The molecule has 0 saturated carbocycles. The second kappa shape index (κ2) is 4.52. The summed E-state index contributed by atoms with van der Waals surface area (Å²) in [4.78, 5) is 25.1. The third-order valence-corrected chi connectivity index (χ3v) is 2.97. The average Bonchev–Trinajstić information content (AvgIpc) is 2.57. The van der Waals surface area contributed by atoms with Crippen molar-refractivity contribution in [3.8, 4) is 0 Å². The smallest absolute Gasteiger partial charge is 0.330 e. The number of aromatic amines is 1. The lowest BCUT2D eigenvalue weighted by atomic mass is 10.1. The van der Waals surface area contributed by atoms with Crippen LogP contribution < -0.4 is 11.2 Å². The summed E-state index contributed by atoms with van der Waals surface area (Å²) in [5.74, 6) is 0. The zero-order valence-electron chi connectivity index (χ0n) is 9.74. The van der Waals surface area contributed by atoms with Gasteiger partial charge in [-0.15, -0.1) is 0 Å². The summed E-state index contributed by atoms with van der Waals surface area (Å²) < 4.78 is 6.34. The summed E-state index contributed by atoms with van der Waals surface area (Å²) in [5.41, 5.74) is -1.09. The van der Waals surface area contributed by atoms with E-state index in [9.17, 15) is 19.8 Å². The Balaban J connectivity index is 2.49. The van der Waals surface area contributed by atoms with E-state index in [2.05, 4.69) is 11.6 Å². The highest BCUT2D eigenvalue weighted by Gasteiger charge is 2.41. The van der Waals surface area contributed by atoms with Crippen molar-refractivity contribution in [1.29, 1.82) is 0 Å². The normalized spacial score (nSPS) is 31.5. The summed E-state index contributed by atoms with van der Waals surface area (Å²) in [6.07, 6.45) is -1.42. The Hall–Kier alpha value is -1.70. The predicted octanol–water partition coefficient (Wildman–Crippen LogP) is -1.18. The Kier molecular flexibility index (Phi) is 3.20. The molecule has 1 saturated heterocycles. The van der Waals surface area contributed by atoms with Gasteiger partial charge in [0, 0.05) is 6.20 Å². The molecule has 3 N–H and O–H groups in total. The zero-order chi connectivity index (χ0) is 13.4. The molecular formula is C11H14N2O5. The molecule has 1 aliphatic heterocycles. The van der Waals surface area contributed by atoms with E-state index in [0.717, 1.165) is 4.57 Å². The van der Waals surface area contributed by atoms with Crippen molar-refractivity contribution in [2.24, 2.45) is 0 Å². The Morgan fingerprint density at radius 3 is 2.61 bits per heavy atom. The van der Waals surface area contributed by atoms with Crippen molar-refractivity contribution in [2.45, 2.75) is 31.5 Å². The quantitative estimate of drug-likeness (QED) is 0.616. The molecule has 4 atom stereocenters. The van der Waals surface area contributed by atoms with E-state index in [1.165, 1.54) is 12.3 Å². The standard InChI is InChI=1S/C11H14N2O5/c1-3-6-4-13(11(17)12-9(6)16)10-8(15)7(14)5(2)18-10/h3-5,7-8,10,14-15H,1H2,2H3,(H,12,16,17). The molecule has 0 aromatic carbocycles. The predicted molar refractivity (Wildman–Crippen MR) is 63.0 cm³/mol. The van der Waals surface area contributed by atoms with Crippen molar-refractivity contribution in [3.63, 3.8) is 0 Å². The van der Waals surface area contributed by atoms with Gasteiger partial charge in [-0.3, -0.25) is 14.3 Å². The largest absolute Gasteiger partial charge is 0.388 e. The molecule has 2 rings (SSSR count). The minimum atomic E-state index is -1.23. The van der Waals surface area contributed by atoms with E-state index >= 15 is 0 Å². The van der Waals surface area contributed by atoms with Gasteiger partial charge >= 0.3 is 5.69 Å². The average molecular weight is 254 g/mol. The molecule has 0 bridgehead atoms. The monoisotopic (exact) mass is 254 g/mol. The topological polar surface area (TPSA) is 105 Å². The summed E-state index contributed by atoms with van der Waals surface area (Å²) in [6.45, 7) is 5.03. The van der Waals surface area contributed by atoms with Crippen molar-refractivity contribution in [1.82, 2.24) is 9.55 Å². The number of rotatable bonds is 2. The van der Waals surface area contributed by atoms with Gasteiger partial charge in [-0.1, -0.05) is 12.7 Å². The van der Waals surface area contributed by atoms with Gasteiger partial charge in [0.05, 0.1) is 11.7 Å². The highest BCUT2D eigenvalue weighted by atomic mass is 16.6. The summed E-state index contributed by atoms with van der Waals surface area (Å²) >= 11 is 0. The van der Waals surface area contributed by atoms with Crippen LogP contribution in [0.1, 0.15) is 18.7 Å². The first-order valence-electron chi connectivity index (χ1n) is 5.45. The molecule has 7 heteroatoms. The highest BCUT2D eigenvalue weighted by Crippen LogP contribution is 2.27. The first-order valence-corrected chi connectivity index (χ1v) is 5.45. The van der Waals surface area contributed by atoms with Crippen LogP contribution in [0.2, 0.25) is 0 Å². The minimum absolute atomic E-state index is 0.180. The maximum atomic E-state index is 11.7. The summed E-state index contributed by atoms with van der Waals surface area (Å²) in [5, 5.41) is 19.4. The van der Waals surface area contributed by atoms with Gasteiger partial charge in [-0.25, -0.2) is 4.79 Å². The molecule has 0 amide bonds. The van der Waals surface area contributed by atoms with E-state index in [-0.39, 0.29) is 5.56 Å². The molecule has 7 nitrogen and oxygen atoms in total. The fourth-order valence-electron chi connectivity index (χ4n) is 1.89. The van der Waals surface area contributed by atoms with E-state index in [1.807, 2.05) is 0 Å². The number of nitrogens with one attached hydrogen (secondary N) is 1. The Morgan fingerprint density at radius 2 is 2.11 bits per heavy atom. The molecule has 0 aliphatic carbocycles. The molecular weight excluding hydrogens is 240 g/mol. The SMILES string of the molecule is C=Cc1cn(C2OC(C)C(O)C2O)c(=O)[nH]c1=O. The maximum Gasteiger partial charge on any atom is 0.330 e. The molecule has 2 heterocycles. The molecule has 1 aromatic heterocycles. The van der Waals surface area contributed by atoms with Crippen LogP contribution in [0.5, 0.6) is 0 Å². The van der Waals surface area contributed by atoms with E-state index in [1.54, 1.807) is 6.92 Å². The lowest BCUT2D eigenvalue weighted by Crippen LogP contribution is -2.38. The Morgan fingerprint density at radius 1 is 1.44 bits per heavy atom. The van der Waals surface area contributed by atoms with Crippen molar-refractivity contribution in [2.75, 3.05) is 0 Å². The van der Waals surface area contributed by atoms with Crippen LogP contribution >= 0.6 is 0 Å². The number of hydrogen-bond acceptors (Lipinski definition) is 5. The fraction of sp³-hybridized carbons (Fsp3) is 0.455. The van der Waals surface area contributed by atoms with Crippen LogP contribution in [0.15, 0.2) is 22.4 Å². The van der Waals surface area contributed by atoms with Gasteiger partial charge in [-0.05, 0) is 6.92 Å². The van der Waals surface area contributed by atoms with Gasteiger partial charge in [0.1, 0.15) is 12.2 Å². The summed E-state index contributed by atoms with van der Waals surface area (Å²) in [6, 6.07) is 0. The Labute approximate surface area is 102 Å². The van der Waals surface area contributed by atoms with Crippen molar-refractivity contribution in [3.05, 3.63) is 39.2 Å². The van der Waals surface area contributed by atoms with E-state index in [4.69, 9.17) is 4.74 Å². The molecule has 0 spiro atoms. The molecule has 1 aromatic rings. The van der Waals surface area contributed by atoms with E-state index in [0.29, 0.717) is 0 Å². The Bertz CT molecular complexity index is 576. The number of aliphatic hydroxyl groups is 2. The zero-order valence-corrected chi connectivity index (χ0v) is 9.74. The second-order valence-corrected chi connectivity index (χ2v) is 4.17. The molecule has 18 heavy (non-hydrogen) atoms. The number of ether oxygens (including phenoxy) is 1. The third-order valence-electron chi connectivity index (χ3n) is 2.97. The highest BCUT2D eigenvalue weighted by molar-refractivity contribution is 5.43. The first-order chi connectivity index (χ1) is 8.45. The van der Waals surface area contributed by atoms with Crippen LogP contribution in [-0.4, -0.2) is 38.1 Å². The molecule has 98 valence electrons. The molecule has 0 radical (unpaired) electrons. The first kappa shape index (κ1) is 12.7. The van der Waals surface area contributed by atoms with Crippen LogP contribution in [-0.2, 0) is 4.74 Å². The molecule has 1 aliphatic rings. The van der Waals surface area contributed by atoms with E-state index < -0.39 is 35.8 Å². The molecule has 4 unspecified atom stereocenters. The van der Waals surface area contributed by atoms with Crippen LogP contribution in [0.3, 0.4) is 0 Å². The minimum Gasteiger partial charge on any atom is -0.388 e. The van der Waals surface area contributed by atoms with Gasteiger partial charge in [0.25, 0.3) is 5.56 Å². The van der Waals surface area contributed by atoms with Crippen LogP contribution in [0.4, 0.5) is 0 Å². The van der Waals surface area contributed by atoms with Crippen LogP contribution in [0.25, 0.3) is 6.08 Å². The number of H-pyrrole nitrogens is 1. The van der Waals surface area contributed by atoms with Gasteiger partial charge in [0.15, 0.2) is 6.23 Å². The number of hydrogen-bond donors (Lipinski definition) is 3. The number of aliphatic hydroxyl groups excluding tert-OH is 2. The second-order valence-electron chi connectivity index (χ2n) is 4.17. The number of nitrogens with zero attached hydrogens (tertiary/aromatic N) is 1. The van der Waals surface area contributed by atoms with Crippen LogP contribution in [0, 0.1) is 0 Å². The lowest BCUT2D eigenvalue weighted by Gasteiger charge is -2.17. The number of aromatic nitrogens is 2. The van der Waals surface area contributed by atoms with Gasteiger partial charge < -0.3 is 14.9 Å². The fourth-order valence-corrected chi connectivity index (χ4v) is 1.89. The van der Waals surface area contributed by atoms with Gasteiger partial charge in [0.2, 0.25) is 0 Å². The third kappa shape index (κ3) is 1.92. The lowest BCUT2D eigenvalue weighted by molar-refractivity contribution is -0.0351. The van der Waals surface area contributed by atoms with Gasteiger partial charge in [-0.2, -0.15) is 0 Å². The van der Waals surface area contributed by atoms with Crippen molar-refractivity contribution >= 4 is 6.08 Å². The maximum absolute atomic E-state index is 11.7.